The van der Waals surface area contributed by atoms with Gasteiger partial charge in [-0.15, -0.1) is 0 Å². The first kappa shape index (κ1) is 16.4. The van der Waals surface area contributed by atoms with Crippen molar-refractivity contribution >= 4 is 17.6 Å². The summed E-state index contributed by atoms with van der Waals surface area (Å²) in [6, 6.07) is 13.4. The molecule has 0 aromatic heterocycles. The van der Waals surface area contributed by atoms with Gasteiger partial charge in [0.2, 0.25) is 5.91 Å². The first-order valence-electron chi connectivity index (χ1n) is 6.92. The molecule has 1 amide bonds. The zero-order valence-corrected chi connectivity index (χ0v) is 12.9. The summed E-state index contributed by atoms with van der Waals surface area (Å²) in [5.41, 5.74) is 0.555. The molecule has 0 bridgehead atoms. The van der Waals surface area contributed by atoms with Crippen LogP contribution in [-0.4, -0.2) is 25.6 Å². The van der Waals surface area contributed by atoms with Gasteiger partial charge in [-0.05, 0) is 36.4 Å². The zero-order valence-electron chi connectivity index (χ0n) is 12.9. The lowest BCUT2D eigenvalue weighted by molar-refractivity contribution is -0.136. The van der Waals surface area contributed by atoms with Gasteiger partial charge >= 0.3 is 5.97 Å². The maximum atomic E-state index is 11.8. The first-order valence-corrected chi connectivity index (χ1v) is 6.92. The minimum Gasteiger partial charge on any atom is -0.497 e. The van der Waals surface area contributed by atoms with E-state index in [1.165, 1.54) is 6.92 Å². The van der Waals surface area contributed by atoms with Crippen LogP contribution in [0.15, 0.2) is 48.5 Å². The predicted octanol–water partition coefficient (Wildman–Crippen LogP) is 2.64. The van der Waals surface area contributed by atoms with E-state index in [-0.39, 0.29) is 12.5 Å². The number of ether oxygens (including phenoxy) is 3. The summed E-state index contributed by atoms with van der Waals surface area (Å²) < 4.78 is 15.5. The van der Waals surface area contributed by atoms with Crippen LogP contribution in [0, 0.1) is 0 Å². The molecule has 2 aromatic carbocycles. The second kappa shape index (κ2) is 7.84. The van der Waals surface area contributed by atoms with E-state index in [1.807, 2.05) is 0 Å². The molecule has 120 valence electrons. The number of nitrogens with one attached hydrogen (secondary N) is 1. The third-order valence-electron chi connectivity index (χ3n) is 2.80. The SMILES string of the molecule is COc1ccc(OCC(=O)Oc2cccc(NC(C)=O)c2)cc1. The van der Waals surface area contributed by atoms with E-state index < -0.39 is 5.97 Å². The summed E-state index contributed by atoms with van der Waals surface area (Å²) >= 11 is 0. The number of amides is 1. The van der Waals surface area contributed by atoms with Gasteiger partial charge in [0.15, 0.2) is 6.61 Å². The molecule has 0 unspecified atom stereocenters. The van der Waals surface area contributed by atoms with Gasteiger partial charge in [-0.3, -0.25) is 4.79 Å². The van der Waals surface area contributed by atoms with Crippen molar-refractivity contribution in [2.24, 2.45) is 0 Å². The van der Waals surface area contributed by atoms with Crippen LogP contribution in [0.5, 0.6) is 17.2 Å². The van der Waals surface area contributed by atoms with Gasteiger partial charge in [-0.2, -0.15) is 0 Å². The highest BCUT2D eigenvalue weighted by Gasteiger charge is 2.07. The van der Waals surface area contributed by atoms with Crippen LogP contribution in [0.3, 0.4) is 0 Å². The maximum Gasteiger partial charge on any atom is 0.349 e. The number of rotatable bonds is 6. The summed E-state index contributed by atoms with van der Waals surface area (Å²) in [6.45, 7) is 1.18. The van der Waals surface area contributed by atoms with Crippen molar-refractivity contribution in [3.8, 4) is 17.2 Å². The molecular weight excluding hydrogens is 298 g/mol. The average molecular weight is 315 g/mol. The fourth-order valence-electron chi connectivity index (χ4n) is 1.82. The van der Waals surface area contributed by atoms with Gasteiger partial charge in [0, 0.05) is 18.7 Å². The van der Waals surface area contributed by atoms with Crippen LogP contribution < -0.4 is 19.5 Å². The minimum atomic E-state index is -0.541. The molecule has 1 N–H and O–H groups in total. The van der Waals surface area contributed by atoms with Gasteiger partial charge < -0.3 is 19.5 Å². The summed E-state index contributed by atoms with van der Waals surface area (Å²) in [6.07, 6.45) is 0. The summed E-state index contributed by atoms with van der Waals surface area (Å²) in [7, 11) is 1.57. The Kier molecular flexibility index (Phi) is 5.57. The quantitative estimate of drug-likeness (QED) is 0.655. The van der Waals surface area contributed by atoms with Crippen molar-refractivity contribution < 1.29 is 23.8 Å². The van der Waals surface area contributed by atoms with Crippen molar-refractivity contribution in [1.82, 2.24) is 0 Å². The van der Waals surface area contributed by atoms with Crippen molar-refractivity contribution in [1.29, 1.82) is 0 Å². The second-order valence-corrected chi connectivity index (χ2v) is 4.65. The number of methoxy groups -OCH3 is 1. The Hall–Kier alpha value is -3.02. The third-order valence-corrected chi connectivity index (χ3v) is 2.80. The van der Waals surface area contributed by atoms with Crippen LogP contribution in [0.4, 0.5) is 5.69 Å². The predicted molar refractivity (Wildman–Crippen MR) is 84.9 cm³/mol. The van der Waals surface area contributed by atoms with Gasteiger partial charge in [0.05, 0.1) is 7.11 Å². The maximum absolute atomic E-state index is 11.8. The van der Waals surface area contributed by atoms with E-state index in [4.69, 9.17) is 14.2 Å². The van der Waals surface area contributed by atoms with Crippen molar-refractivity contribution in [2.75, 3.05) is 19.0 Å². The Balaban J connectivity index is 1.87. The number of esters is 1. The van der Waals surface area contributed by atoms with E-state index in [0.717, 1.165) is 0 Å². The van der Waals surface area contributed by atoms with Crippen molar-refractivity contribution in [3.05, 3.63) is 48.5 Å². The van der Waals surface area contributed by atoms with Crippen LogP contribution in [0.25, 0.3) is 0 Å². The number of benzene rings is 2. The van der Waals surface area contributed by atoms with E-state index in [0.29, 0.717) is 22.9 Å². The Morgan fingerprint density at radius 1 is 1.00 bits per heavy atom. The Bertz CT molecular complexity index is 682. The third kappa shape index (κ3) is 5.35. The van der Waals surface area contributed by atoms with Gasteiger partial charge in [0.1, 0.15) is 17.2 Å². The molecule has 0 radical (unpaired) electrons. The first-order chi connectivity index (χ1) is 11.1. The van der Waals surface area contributed by atoms with E-state index in [2.05, 4.69) is 5.32 Å². The number of carbonyl (C=O) groups excluding carboxylic acids is 2. The summed E-state index contributed by atoms with van der Waals surface area (Å²) in [4.78, 5) is 22.8. The molecule has 0 fully saturated rings. The highest BCUT2D eigenvalue weighted by Crippen LogP contribution is 2.19. The van der Waals surface area contributed by atoms with Crippen LogP contribution in [0.1, 0.15) is 6.92 Å². The molecule has 2 rings (SSSR count). The van der Waals surface area contributed by atoms with Gasteiger partial charge in [0.25, 0.3) is 0 Å². The Labute approximate surface area is 134 Å². The Morgan fingerprint density at radius 2 is 1.70 bits per heavy atom. The van der Waals surface area contributed by atoms with Gasteiger partial charge in [-0.1, -0.05) is 6.07 Å². The van der Waals surface area contributed by atoms with Crippen molar-refractivity contribution in [2.45, 2.75) is 6.92 Å². The van der Waals surface area contributed by atoms with Crippen LogP contribution in [-0.2, 0) is 9.59 Å². The number of carbonyl (C=O) groups is 2. The molecule has 0 aliphatic heterocycles. The molecule has 2 aromatic rings. The van der Waals surface area contributed by atoms with Crippen LogP contribution >= 0.6 is 0 Å². The van der Waals surface area contributed by atoms with Crippen molar-refractivity contribution in [3.63, 3.8) is 0 Å². The smallest absolute Gasteiger partial charge is 0.349 e. The largest absolute Gasteiger partial charge is 0.497 e. The second-order valence-electron chi connectivity index (χ2n) is 4.65. The normalized spacial score (nSPS) is 9.83. The van der Waals surface area contributed by atoms with E-state index in [9.17, 15) is 9.59 Å². The molecular formula is C17H17NO5. The zero-order chi connectivity index (χ0) is 16.7. The molecule has 0 aliphatic rings. The molecule has 0 saturated heterocycles. The highest BCUT2D eigenvalue weighted by molar-refractivity contribution is 5.89. The average Bonchev–Trinajstić information content (AvgIpc) is 2.53. The molecule has 6 nitrogen and oxygen atoms in total. The lowest BCUT2D eigenvalue weighted by atomic mass is 10.3. The number of hydrogen-bond donors (Lipinski definition) is 1. The van der Waals surface area contributed by atoms with Gasteiger partial charge in [-0.25, -0.2) is 4.79 Å². The number of anilines is 1. The lowest BCUT2D eigenvalue weighted by Crippen LogP contribution is -2.17. The molecule has 0 spiro atoms. The highest BCUT2D eigenvalue weighted by atomic mass is 16.6. The minimum absolute atomic E-state index is 0.198. The molecule has 0 heterocycles. The summed E-state index contributed by atoms with van der Waals surface area (Å²) in [5.74, 6) is 0.834. The lowest BCUT2D eigenvalue weighted by Gasteiger charge is -2.08. The standard InChI is InChI=1S/C17H17NO5/c1-12(19)18-13-4-3-5-16(10-13)23-17(20)11-22-15-8-6-14(21-2)7-9-15/h3-10H,11H2,1-2H3,(H,18,19). The fraction of sp³-hybridized carbons (Fsp3) is 0.176. The molecule has 23 heavy (non-hydrogen) atoms. The monoisotopic (exact) mass is 315 g/mol. The summed E-state index contributed by atoms with van der Waals surface area (Å²) in [5, 5.41) is 2.61. The van der Waals surface area contributed by atoms with Crippen LogP contribution in [0.2, 0.25) is 0 Å². The molecule has 0 saturated carbocycles. The number of hydrogen-bond acceptors (Lipinski definition) is 5. The fourth-order valence-corrected chi connectivity index (χ4v) is 1.82. The molecule has 0 aliphatic carbocycles. The van der Waals surface area contributed by atoms with E-state index in [1.54, 1.807) is 55.6 Å². The Morgan fingerprint density at radius 3 is 2.35 bits per heavy atom. The molecule has 6 heteroatoms. The topological polar surface area (TPSA) is 73.9 Å². The molecule has 0 atom stereocenters. The van der Waals surface area contributed by atoms with E-state index >= 15 is 0 Å².